The quantitative estimate of drug-likeness (QED) is 0.476. The highest BCUT2D eigenvalue weighted by Crippen LogP contribution is 2.32. The van der Waals surface area contributed by atoms with Gasteiger partial charge in [-0.05, 0) is 36.4 Å². The van der Waals surface area contributed by atoms with Crippen LogP contribution in [-0.4, -0.2) is 19.5 Å². The Labute approximate surface area is 144 Å². The van der Waals surface area contributed by atoms with Gasteiger partial charge >= 0.3 is 0 Å². The van der Waals surface area contributed by atoms with E-state index in [2.05, 4.69) is 80.2 Å². The third-order valence-corrected chi connectivity index (χ3v) is 4.46. The molecule has 25 heavy (non-hydrogen) atoms. The van der Waals surface area contributed by atoms with Crippen molar-refractivity contribution >= 4 is 21.8 Å². The van der Waals surface area contributed by atoms with Crippen LogP contribution in [0.1, 0.15) is 0 Å². The number of hydrogen-bond donors (Lipinski definition) is 0. The van der Waals surface area contributed by atoms with E-state index in [1.165, 1.54) is 34.5 Å². The van der Waals surface area contributed by atoms with E-state index in [1.807, 2.05) is 12.1 Å². The van der Waals surface area contributed by atoms with Crippen molar-refractivity contribution in [1.29, 1.82) is 0 Å². The molecule has 2 aromatic heterocycles. The van der Waals surface area contributed by atoms with E-state index in [-0.39, 0.29) is 0 Å². The molecule has 0 aliphatic heterocycles. The summed E-state index contributed by atoms with van der Waals surface area (Å²) in [6.07, 6.45) is 3.03. The van der Waals surface area contributed by atoms with Crippen molar-refractivity contribution in [3.05, 3.63) is 85.5 Å². The zero-order valence-corrected chi connectivity index (χ0v) is 13.4. The van der Waals surface area contributed by atoms with Gasteiger partial charge in [-0.15, -0.1) is 0 Å². The number of aromatic nitrogens is 4. The first-order chi connectivity index (χ1) is 12.4. The molecule has 0 unspecified atom stereocenters. The minimum Gasteiger partial charge on any atom is -0.309 e. The van der Waals surface area contributed by atoms with E-state index in [9.17, 15) is 0 Å². The highest BCUT2D eigenvalue weighted by molar-refractivity contribution is 6.09. The van der Waals surface area contributed by atoms with Gasteiger partial charge in [-0.1, -0.05) is 36.4 Å². The molecule has 4 nitrogen and oxygen atoms in total. The van der Waals surface area contributed by atoms with Gasteiger partial charge in [-0.2, -0.15) is 0 Å². The van der Waals surface area contributed by atoms with E-state index in [4.69, 9.17) is 0 Å². The third kappa shape index (κ3) is 2.19. The summed E-state index contributed by atoms with van der Waals surface area (Å²) in [4.78, 5) is 12.3. The first-order valence-electron chi connectivity index (χ1n) is 8.13. The van der Waals surface area contributed by atoms with E-state index in [0.717, 1.165) is 11.3 Å². The smallest absolute Gasteiger partial charge is 0.162 e. The van der Waals surface area contributed by atoms with Crippen LogP contribution in [0, 0.1) is 0 Å². The van der Waals surface area contributed by atoms with Crippen molar-refractivity contribution in [3.63, 3.8) is 0 Å². The van der Waals surface area contributed by atoms with E-state index in [0.29, 0.717) is 5.82 Å². The van der Waals surface area contributed by atoms with Crippen LogP contribution in [0.25, 0.3) is 38.9 Å². The minimum absolute atomic E-state index is 0.684. The van der Waals surface area contributed by atoms with Gasteiger partial charge in [0.2, 0.25) is 0 Å². The van der Waals surface area contributed by atoms with Crippen molar-refractivity contribution in [3.8, 4) is 17.1 Å². The molecule has 0 atom stereocenters. The summed E-state index contributed by atoms with van der Waals surface area (Å²) >= 11 is 0. The maximum absolute atomic E-state index is 4.21. The van der Waals surface area contributed by atoms with Gasteiger partial charge < -0.3 is 4.57 Å². The molecule has 0 saturated carbocycles. The summed E-state index contributed by atoms with van der Waals surface area (Å²) < 4.78 is 2.29. The predicted octanol–water partition coefficient (Wildman–Crippen LogP) is 4.64. The van der Waals surface area contributed by atoms with Crippen molar-refractivity contribution in [2.24, 2.45) is 0 Å². The Morgan fingerprint density at radius 1 is 0.600 bits per heavy atom. The number of fused-ring (bicyclic) bond motifs is 3. The number of nitrogens with zero attached hydrogens (tertiary/aromatic N) is 4. The Bertz CT molecular complexity index is 1120. The third-order valence-electron chi connectivity index (χ3n) is 4.46. The molecule has 0 radical (unpaired) electrons. The summed E-state index contributed by atoms with van der Waals surface area (Å²) in [7, 11) is 0. The molecule has 0 aliphatic rings. The second-order valence-corrected chi connectivity index (χ2v) is 5.88. The molecule has 5 aromatic rings. The van der Waals surface area contributed by atoms with Crippen LogP contribution >= 0.6 is 0 Å². The molecule has 2 heterocycles. The molecule has 0 N–H and O–H groups in total. The highest BCUT2D eigenvalue weighted by atomic mass is 15.0. The second kappa shape index (κ2) is 5.53. The fourth-order valence-corrected chi connectivity index (χ4v) is 3.35. The fourth-order valence-electron chi connectivity index (χ4n) is 3.35. The SMILES string of the molecule is c1ccc2c(c1)c1ccccc1n2-c1ccc(-c2ncncn2)cc1. The molecule has 0 aliphatic carbocycles. The largest absolute Gasteiger partial charge is 0.309 e. The molecule has 0 bridgehead atoms. The average molecular weight is 322 g/mol. The Hall–Kier alpha value is -3.53. The van der Waals surface area contributed by atoms with Gasteiger partial charge in [-0.3, -0.25) is 0 Å². The molecule has 0 fully saturated rings. The van der Waals surface area contributed by atoms with E-state index in [1.54, 1.807) is 0 Å². The predicted molar refractivity (Wildman–Crippen MR) is 99.6 cm³/mol. The van der Waals surface area contributed by atoms with Crippen LogP contribution in [0.4, 0.5) is 0 Å². The van der Waals surface area contributed by atoms with Crippen LogP contribution in [0.2, 0.25) is 0 Å². The standard InChI is InChI=1S/C21H14N4/c1-3-7-19-17(5-1)18-6-2-4-8-20(18)25(19)16-11-9-15(10-12-16)21-23-13-22-14-24-21/h1-14H. The number of para-hydroxylation sites is 2. The summed E-state index contributed by atoms with van der Waals surface area (Å²) in [5.74, 6) is 0.684. The monoisotopic (exact) mass is 322 g/mol. The Kier molecular flexibility index (Phi) is 3.07. The molecular weight excluding hydrogens is 308 g/mol. The number of hydrogen-bond acceptors (Lipinski definition) is 3. The lowest BCUT2D eigenvalue weighted by atomic mass is 10.2. The molecule has 118 valence electrons. The molecule has 4 heteroatoms. The van der Waals surface area contributed by atoms with Gasteiger partial charge in [0, 0.05) is 22.0 Å². The van der Waals surface area contributed by atoms with Crippen LogP contribution in [0.15, 0.2) is 85.5 Å². The number of rotatable bonds is 2. The molecule has 5 rings (SSSR count). The fraction of sp³-hybridized carbons (Fsp3) is 0. The van der Waals surface area contributed by atoms with Crippen molar-refractivity contribution in [2.45, 2.75) is 0 Å². The second-order valence-electron chi connectivity index (χ2n) is 5.88. The van der Waals surface area contributed by atoms with Crippen LogP contribution in [0.3, 0.4) is 0 Å². The Morgan fingerprint density at radius 3 is 1.76 bits per heavy atom. The number of benzene rings is 3. The topological polar surface area (TPSA) is 43.6 Å². The lowest BCUT2D eigenvalue weighted by molar-refractivity contribution is 1.05. The van der Waals surface area contributed by atoms with Crippen LogP contribution in [-0.2, 0) is 0 Å². The lowest BCUT2D eigenvalue weighted by Crippen LogP contribution is -1.94. The van der Waals surface area contributed by atoms with Crippen LogP contribution < -0.4 is 0 Å². The van der Waals surface area contributed by atoms with Gasteiger partial charge in [0.1, 0.15) is 12.7 Å². The maximum atomic E-state index is 4.21. The molecule has 0 amide bonds. The molecular formula is C21H14N4. The summed E-state index contributed by atoms with van der Waals surface area (Å²) in [5.41, 5.74) is 4.51. The summed E-state index contributed by atoms with van der Waals surface area (Å²) in [5, 5.41) is 2.53. The van der Waals surface area contributed by atoms with E-state index < -0.39 is 0 Å². The first-order valence-corrected chi connectivity index (χ1v) is 8.13. The van der Waals surface area contributed by atoms with Crippen LogP contribution in [0.5, 0.6) is 0 Å². The lowest BCUT2D eigenvalue weighted by Gasteiger charge is -2.08. The van der Waals surface area contributed by atoms with Crippen molar-refractivity contribution in [1.82, 2.24) is 19.5 Å². The normalized spacial score (nSPS) is 11.2. The molecule has 3 aromatic carbocycles. The van der Waals surface area contributed by atoms with Gasteiger partial charge in [0.15, 0.2) is 5.82 Å². The minimum atomic E-state index is 0.684. The maximum Gasteiger partial charge on any atom is 0.162 e. The molecule has 0 saturated heterocycles. The Morgan fingerprint density at radius 2 is 1.16 bits per heavy atom. The van der Waals surface area contributed by atoms with E-state index >= 15 is 0 Å². The molecule has 0 spiro atoms. The highest BCUT2D eigenvalue weighted by Gasteiger charge is 2.11. The average Bonchev–Trinajstić information content (AvgIpc) is 3.03. The van der Waals surface area contributed by atoms with Crippen molar-refractivity contribution in [2.75, 3.05) is 0 Å². The van der Waals surface area contributed by atoms with Gasteiger partial charge in [0.05, 0.1) is 11.0 Å². The zero-order chi connectivity index (χ0) is 16.6. The Balaban J connectivity index is 1.73. The van der Waals surface area contributed by atoms with Gasteiger partial charge in [-0.25, -0.2) is 15.0 Å². The van der Waals surface area contributed by atoms with Crippen molar-refractivity contribution < 1.29 is 0 Å². The zero-order valence-electron chi connectivity index (χ0n) is 13.4. The first kappa shape index (κ1) is 13.9. The summed E-state index contributed by atoms with van der Waals surface area (Å²) in [6.45, 7) is 0. The van der Waals surface area contributed by atoms with Gasteiger partial charge in [0.25, 0.3) is 0 Å². The summed E-state index contributed by atoms with van der Waals surface area (Å²) in [6, 6.07) is 25.3.